The van der Waals surface area contributed by atoms with E-state index in [1.165, 1.54) is 30.3 Å². The van der Waals surface area contributed by atoms with Gasteiger partial charge in [-0.3, -0.25) is 9.48 Å². The molecule has 0 bridgehead atoms. The number of aryl methyl sites for hydroxylation is 1. The Morgan fingerprint density at radius 3 is 2.76 bits per heavy atom. The number of nitrogens with zero attached hydrogens (tertiary/aromatic N) is 5. The number of rotatable bonds is 8. The Morgan fingerprint density at radius 2 is 2.03 bits per heavy atom. The average molecular weight is 398 g/mol. The summed E-state index contributed by atoms with van der Waals surface area (Å²) < 4.78 is 7.71. The summed E-state index contributed by atoms with van der Waals surface area (Å²) in [5, 5.41) is 21.3. The minimum absolute atomic E-state index is 0.0924. The standard InChI is InChI=1S/C18H18N6O5/c1-29-18(26)15-5-3-2-4-13(15)11-23-12-14(10-19-23)20-17(25)7-9-22-8-6-16(21-22)24(27)28/h2-6,8,10,12H,7,9,11H2,1H3,(H,20,25). The number of carbonyl (C=O) groups is 2. The predicted octanol–water partition coefficient (Wildman–Crippen LogP) is 1.85. The minimum atomic E-state index is -0.594. The Labute approximate surface area is 165 Å². The van der Waals surface area contributed by atoms with Crippen molar-refractivity contribution < 1.29 is 19.2 Å². The fourth-order valence-corrected chi connectivity index (χ4v) is 2.67. The average Bonchev–Trinajstić information content (AvgIpc) is 3.36. The lowest BCUT2D eigenvalue weighted by atomic mass is 10.1. The Balaban J connectivity index is 1.57. The van der Waals surface area contributed by atoms with Crippen LogP contribution in [0, 0.1) is 10.1 Å². The molecule has 150 valence electrons. The molecule has 0 fully saturated rings. The number of esters is 1. The van der Waals surface area contributed by atoms with Crippen molar-refractivity contribution in [2.24, 2.45) is 0 Å². The van der Waals surface area contributed by atoms with E-state index >= 15 is 0 Å². The van der Waals surface area contributed by atoms with Gasteiger partial charge in [0.2, 0.25) is 5.91 Å². The van der Waals surface area contributed by atoms with Crippen LogP contribution in [0.2, 0.25) is 0 Å². The van der Waals surface area contributed by atoms with E-state index in [0.29, 0.717) is 17.8 Å². The van der Waals surface area contributed by atoms with E-state index < -0.39 is 10.9 Å². The molecule has 1 aromatic carbocycles. The summed E-state index contributed by atoms with van der Waals surface area (Å²) >= 11 is 0. The smallest absolute Gasteiger partial charge is 0.389 e. The highest BCUT2D eigenvalue weighted by molar-refractivity contribution is 5.91. The quantitative estimate of drug-likeness (QED) is 0.348. The molecule has 0 aliphatic rings. The molecular weight excluding hydrogens is 380 g/mol. The van der Waals surface area contributed by atoms with E-state index in [2.05, 4.69) is 15.5 Å². The number of nitro groups is 1. The van der Waals surface area contributed by atoms with Gasteiger partial charge >= 0.3 is 11.8 Å². The highest BCUT2D eigenvalue weighted by atomic mass is 16.6. The third-order valence-corrected chi connectivity index (χ3v) is 4.05. The molecule has 1 amide bonds. The normalized spacial score (nSPS) is 10.5. The maximum absolute atomic E-state index is 12.1. The fraction of sp³-hybridized carbons (Fsp3) is 0.222. The van der Waals surface area contributed by atoms with Crippen LogP contribution in [-0.4, -0.2) is 43.5 Å². The number of aromatic nitrogens is 4. The Bertz CT molecular complexity index is 1040. The van der Waals surface area contributed by atoms with Crippen LogP contribution in [0.4, 0.5) is 11.5 Å². The molecule has 0 saturated heterocycles. The molecule has 0 spiro atoms. The van der Waals surface area contributed by atoms with Gasteiger partial charge in [0.25, 0.3) is 0 Å². The topological polar surface area (TPSA) is 134 Å². The Morgan fingerprint density at radius 1 is 1.24 bits per heavy atom. The molecule has 0 aliphatic heterocycles. The summed E-state index contributed by atoms with van der Waals surface area (Å²) in [6, 6.07) is 8.31. The fourth-order valence-electron chi connectivity index (χ4n) is 2.67. The second-order valence-electron chi connectivity index (χ2n) is 6.07. The molecule has 0 atom stereocenters. The number of anilines is 1. The number of nitrogens with one attached hydrogen (secondary N) is 1. The number of methoxy groups -OCH3 is 1. The van der Waals surface area contributed by atoms with Crippen LogP contribution >= 0.6 is 0 Å². The van der Waals surface area contributed by atoms with Crippen molar-refractivity contribution in [1.29, 1.82) is 0 Å². The van der Waals surface area contributed by atoms with Crippen molar-refractivity contribution in [2.45, 2.75) is 19.5 Å². The van der Waals surface area contributed by atoms with Crippen molar-refractivity contribution in [3.8, 4) is 0 Å². The van der Waals surface area contributed by atoms with Gasteiger partial charge < -0.3 is 20.2 Å². The highest BCUT2D eigenvalue weighted by Gasteiger charge is 2.14. The summed E-state index contributed by atoms with van der Waals surface area (Å²) in [7, 11) is 1.32. The maximum Gasteiger partial charge on any atom is 0.389 e. The van der Waals surface area contributed by atoms with Gasteiger partial charge in [-0.25, -0.2) is 4.79 Å². The zero-order valence-corrected chi connectivity index (χ0v) is 15.5. The molecule has 3 aromatic rings. The SMILES string of the molecule is COC(=O)c1ccccc1Cn1cc(NC(=O)CCn2ccc([N+](=O)[O-])n2)cn1. The van der Waals surface area contributed by atoms with E-state index in [0.717, 1.165) is 5.56 Å². The summed E-state index contributed by atoms with van der Waals surface area (Å²) in [6.45, 7) is 0.540. The number of benzene rings is 1. The molecule has 2 aromatic heterocycles. The van der Waals surface area contributed by atoms with Crippen molar-refractivity contribution >= 4 is 23.4 Å². The molecule has 3 rings (SSSR count). The van der Waals surface area contributed by atoms with Crippen LogP contribution in [0.15, 0.2) is 48.9 Å². The van der Waals surface area contributed by atoms with Crippen LogP contribution in [0.25, 0.3) is 0 Å². The molecule has 11 heteroatoms. The van der Waals surface area contributed by atoms with Gasteiger partial charge in [0.1, 0.15) is 0 Å². The summed E-state index contributed by atoms with van der Waals surface area (Å²) in [5.74, 6) is -0.975. The second kappa shape index (κ2) is 8.78. The third kappa shape index (κ3) is 5.03. The first-order chi connectivity index (χ1) is 14.0. The lowest BCUT2D eigenvalue weighted by Crippen LogP contribution is -2.14. The lowest BCUT2D eigenvalue weighted by molar-refractivity contribution is -0.389. The highest BCUT2D eigenvalue weighted by Crippen LogP contribution is 2.14. The Hall–Kier alpha value is -4.02. The zero-order valence-electron chi connectivity index (χ0n) is 15.5. The van der Waals surface area contributed by atoms with Crippen molar-refractivity contribution in [3.63, 3.8) is 0 Å². The molecule has 29 heavy (non-hydrogen) atoms. The van der Waals surface area contributed by atoms with Gasteiger partial charge in [0, 0.05) is 12.6 Å². The predicted molar refractivity (Wildman–Crippen MR) is 101 cm³/mol. The van der Waals surface area contributed by atoms with E-state index in [9.17, 15) is 19.7 Å². The first-order valence-electron chi connectivity index (χ1n) is 8.62. The van der Waals surface area contributed by atoms with Crippen molar-refractivity contribution in [2.75, 3.05) is 12.4 Å². The molecule has 0 radical (unpaired) electrons. The van der Waals surface area contributed by atoms with Gasteiger partial charge in [0.05, 0.1) is 55.0 Å². The van der Waals surface area contributed by atoms with Crippen LogP contribution in [0.5, 0.6) is 0 Å². The van der Waals surface area contributed by atoms with Gasteiger partial charge in [-0.1, -0.05) is 18.2 Å². The van der Waals surface area contributed by atoms with Crippen LogP contribution in [0.3, 0.4) is 0 Å². The molecule has 0 saturated carbocycles. The first kappa shape index (κ1) is 19.7. The molecule has 0 aliphatic carbocycles. The summed E-state index contributed by atoms with van der Waals surface area (Å²) in [6.07, 6.45) is 4.68. The molecule has 2 heterocycles. The summed E-state index contributed by atoms with van der Waals surface area (Å²) in [5.41, 5.74) is 1.68. The third-order valence-electron chi connectivity index (χ3n) is 4.05. The minimum Gasteiger partial charge on any atom is -0.465 e. The Kier molecular flexibility index (Phi) is 5.97. The van der Waals surface area contributed by atoms with Crippen LogP contribution in [0.1, 0.15) is 22.3 Å². The van der Waals surface area contributed by atoms with Gasteiger partial charge in [-0.15, -0.1) is 0 Å². The van der Waals surface area contributed by atoms with Crippen molar-refractivity contribution in [3.05, 3.63) is 70.2 Å². The number of hydrogen-bond acceptors (Lipinski definition) is 7. The van der Waals surface area contributed by atoms with Crippen LogP contribution in [-0.2, 0) is 22.6 Å². The van der Waals surface area contributed by atoms with E-state index in [4.69, 9.17) is 4.74 Å². The van der Waals surface area contributed by atoms with E-state index in [1.807, 2.05) is 6.07 Å². The number of hydrogen-bond donors (Lipinski definition) is 1. The molecule has 11 nitrogen and oxygen atoms in total. The maximum atomic E-state index is 12.1. The molecule has 1 N–H and O–H groups in total. The molecular formula is C18H18N6O5. The van der Waals surface area contributed by atoms with Gasteiger partial charge in [-0.2, -0.15) is 9.78 Å². The van der Waals surface area contributed by atoms with Crippen molar-refractivity contribution in [1.82, 2.24) is 19.6 Å². The van der Waals surface area contributed by atoms with E-state index in [1.54, 1.807) is 29.1 Å². The first-order valence-corrected chi connectivity index (χ1v) is 8.62. The lowest BCUT2D eigenvalue weighted by Gasteiger charge is -2.07. The zero-order chi connectivity index (χ0) is 20.8. The van der Waals surface area contributed by atoms with E-state index in [-0.39, 0.29) is 24.7 Å². The molecule has 0 unspecified atom stereocenters. The van der Waals surface area contributed by atoms with Gasteiger partial charge in [0.15, 0.2) is 0 Å². The number of amides is 1. The number of ether oxygens (including phenoxy) is 1. The van der Waals surface area contributed by atoms with Gasteiger partial charge in [-0.05, 0) is 16.6 Å². The monoisotopic (exact) mass is 398 g/mol. The second-order valence-corrected chi connectivity index (χ2v) is 6.07. The summed E-state index contributed by atoms with van der Waals surface area (Å²) in [4.78, 5) is 34.0. The van der Waals surface area contributed by atoms with Crippen LogP contribution < -0.4 is 5.32 Å². The number of carbonyl (C=O) groups excluding carboxylic acids is 2. The largest absolute Gasteiger partial charge is 0.465 e.